The van der Waals surface area contributed by atoms with Crippen molar-refractivity contribution in [2.24, 2.45) is 4.99 Å². The Hall–Kier alpha value is -3.33. The van der Waals surface area contributed by atoms with Crippen molar-refractivity contribution in [2.45, 2.75) is 19.9 Å². The number of aliphatic imine (C=N–C) groups is 1. The number of piperazine rings is 1. The first-order chi connectivity index (χ1) is 15.5. The fourth-order valence-electron chi connectivity index (χ4n) is 3.61. The van der Waals surface area contributed by atoms with Gasteiger partial charge < -0.3 is 20.4 Å². The molecule has 168 valence electrons. The number of allylic oxidation sites excluding steroid dienone is 1. The number of amidine groups is 1. The van der Waals surface area contributed by atoms with Crippen molar-refractivity contribution in [3.8, 4) is 0 Å². The number of aromatic nitrogens is 3. The highest BCUT2D eigenvalue weighted by Crippen LogP contribution is 2.21. The van der Waals surface area contributed by atoms with Gasteiger partial charge in [0.15, 0.2) is 0 Å². The van der Waals surface area contributed by atoms with Gasteiger partial charge in [0, 0.05) is 26.2 Å². The number of rotatable bonds is 6. The molecule has 2 N–H and O–H groups in total. The van der Waals surface area contributed by atoms with E-state index in [0.29, 0.717) is 24.4 Å². The molecule has 9 heteroatoms. The van der Waals surface area contributed by atoms with Gasteiger partial charge in [-0.2, -0.15) is 15.0 Å². The van der Waals surface area contributed by atoms with E-state index in [4.69, 9.17) is 0 Å². The van der Waals surface area contributed by atoms with E-state index in [1.807, 2.05) is 32.1 Å². The lowest BCUT2D eigenvalue weighted by molar-refractivity contribution is 0.311. The summed E-state index contributed by atoms with van der Waals surface area (Å²) >= 11 is 0. The summed E-state index contributed by atoms with van der Waals surface area (Å²) in [4.78, 5) is 22.9. The number of hydrogen-bond donors (Lipinski definition) is 2. The topological polar surface area (TPSA) is 81.6 Å². The SMILES string of the molecule is C/C=C/C1=CC(Nc2nc(NC(C)c3ccc(F)cc3)nc(N3CCN(C)CC3)n2)=NC1. The molecule has 1 unspecified atom stereocenters. The molecule has 2 aliphatic rings. The molecule has 0 aliphatic carbocycles. The largest absolute Gasteiger partial charge is 0.348 e. The summed E-state index contributed by atoms with van der Waals surface area (Å²) in [5, 5.41) is 6.56. The van der Waals surface area contributed by atoms with E-state index in [9.17, 15) is 4.39 Å². The molecule has 1 aromatic carbocycles. The molecule has 32 heavy (non-hydrogen) atoms. The van der Waals surface area contributed by atoms with Gasteiger partial charge in [-0.1, -0.05) is 24.3 Å². The zero-order valence-corrected chi connectivity index (χ0v) is 18.7. The lowest BCUT2D eigenvalue weighted by atomic mass is 10.1. The predicted octanol–water partition coefficient (Wildman–Crippen LogP) is 3.26. The van der Waals surface area contributed by atoms with Crippen molar-refractivity contribution in [2.75, 3.05) is 55.3 Å². The second-order valence-electron chi connectivity index (χ2n) is 8.04. The van der Waals surface area contributed by atoms with Crippen LogP contribution in [0.2, 0.25) is 0 Å². The zero-order chi connectivity index (χ0) is 22.5. The van der Waals surface area contributed by atoms with Crippen LogP contribution in [0.1, 0.15) is 25.5 Å². The highest BCUT2D eigenvalue weighted by molar-refractivity contribution is 6.05. The molecular weight excluding hydrogens is 407 g/mol. The second-order valence-corrected chi connectivity index (χ2v) is 8.04. The molecule has 0 radical (unpaired) electrons. The Kier molecular flexibility index (Phi) is 6.75. The molecule has 0 saturated carbocycles. The molecule has 4 rings (SSSR count). The van der Waals surface area contributed by atoms with Crippen LogP contribution in [0.3, 0.4) is 0 Å². The maximum absolute atomic E-state index is 13.3. The van der Waals surface area contributed by atoms with Gasteiger partial charge in [0.2, 0.25) is 17.8 Å². The average molecular weight is 437 g/mol. The van der Waals surface area contributed by atoms with Crippen LogP contribution in [0.5, 0.6) is 0 Å². The number of nitrogens with one attached hydrogen (secondary N) is 2. The van der Waals surface area contributed by atoms with Crippen LogP contribution in [0.4, 0.5) is 22.2 Å². The third kappa shape index (κ3) is 5.47. The Balaban J connectivity index is 1.57. The van der Waals surface area contributed by atoms with Crippen molar-refractivity contribution in [1.82, 2.24) is 19.9 Å². The Morgan fingerprint density at radius 3 is 2.47 bits per heavy atom. The third-order valence-corrected chi connectivity index (χ3v) is 5.50. The van der Waals surface area contributed by atoms with E-state index in [0.717, 1.165) is 43.2 Å². The van der Waals surface area contributed by atoms with Gasteiger partial charge in [-0.15, -0.1) is 0 Å². The van der Waals surface area contributed by atoms with Crippen LogP contribution >= 0.6 is 0 Å². The van der Waals surface area contributed by atoms with Gasteiger partial charge in [-0.3, -0.25) is 4.99 Å². The van der Waals surface area contributed by atoms with Gasteiger partial charge in [-0.05, 0) is 50.2 Å². The van der Waals surface area contributed by atoms with E-state index >= 15 is 0 Å². The summed E-state index contributed by atoms with van der Waals surface area (Å²) in [6, 6.07) is 6.33. The van der Waals surface area contributed by atoms with E-state index in [2.05, 4.69) is 47.4 Å². The zero-order valence-electron chi connectivity index (χ0n) is 18.7. The van der Waals surface area contributed by atoms with E-state index in [1.54, 1.807) is 12.1 Å². The molecule has 8 nitrogen and oxygen atoms in total. The normalized spacial score (nSPS) is 17.9. The molecule has 0 bridgehead atoms. The van der Waals surface area contributed by atoms with Gasteiger partial charge >= 0.3 is 0 Å². The van der Waals surface area contributed by atoms with Crippen molar-refractivity contribution in [3.63, 3.8) is 0 Å². The fourth-order valence-corrected chi connectivity index (χ4v) is 3.61. The lowest BCUT2D eigenvalue weighted by Crippen LogP contribution is -2.45. The fraction of sp³-hybridized carbons (Fsp3) is 0.391. The minimum atomic E-state index is -0.257. The maximum Gasteiger partial charge on any atom is 0.234 e. The highest BCUT2D eigenvalue weighted by atomic mass is 19.1. The van der Waals surface area contributed by atoms with Gasteiger partial charge in [0.25, 0.3) is 0 Å². The number of benzene rings is 1. The Bertz CT molecular complexity index is 1020. The van der Waals surface area contributed by atoms with Gasteiger partial charge in [-0.25, -0.2) is 4.39 Å². The summed E-state index contributed by atoms with van der Waals surface area (Å²) in [6.07, 6.45) is 6.03. The standard InChI is InChI=1S/C23H29FN8/c1-4-5-17-14-20(25-15-17)27-22-28-21(26-16(2)18-6-8-19(24)9-7-18)29-23(30-22)32-12-10-31(3)11-13-32/h4-9,14,16H,10-13,15H2,1-3H3,(H2,25,26,27,28,29,30)/b5-4+. The summed E-state index contributed by atoms with van der Waals surface area (Å²) in [7, 11) is 2.11. The average Bonchev–Trinajstić information content (AvgIpc) is 3.21. The summed E-state index contributed by atoms with van der Waals surface area (Å²) in [5.74, 6) is 2.00. The second kappa shape index (κ2) is 9.86. The van der Waals surface area contributed by atoms with Crippen molar-refractivity contribution in [1.29, 1.82) is 0 Å². The van der Waals surface area contributed by atoms with Crippen LogP contribution in [-0.4, -0.2) is 65.5 Å². The Morgan fingerprint density at radius 1 is 1.03 bits per heavy atom. The smallest absolute Gasteiger partial charge is 0.234 e. The summed E-state index contributed by atoms with van der Waals surface area (Å²) < 4.78 is 13.3. The maximum atomic E-state index is 13.3. The molecule has 1 saturated heterocycles. The van der Waals surface area contributed by atoms with Gasteiger partial charge in [0.1, 0.15) is 11.7 Å². The third-order valence-electron chi connectivity index (χ3n) is 5.50. The predicted molar refractivity (Wildman–Crippen MR) is 127 cm³/mol. The van der Waals surface area contributed by atoms with Crippen LogP contribution in [-0.2, 0) is 0 Å². The van der Waals surface area contributed by atoms with Crippen LogP contribution in [0.25, 0.3) is 0 Å². The first-order valence-corrected chi connectivity index (χ1v) is 10.9. The summed E-state index contributed by atoms with van der Waals surface area (Å²) in [6.45, 7) is 8.21. The lowest BCUT2D eigenvalue weighted by Gasteiger charge is -2.32. The number of halogens is 1. The van der Waals surface area contributed by atoms with Crippen molar-refractivity contribution < 1.29 is 4.39 Å². The summed E-state index contributed by atoms with van der Waals surface area (Å²) in [5.41, 5.74) is 2.08. The molecule has 0 spiro atoms. The highest BCUT2D eigenvalue weighted by Gasteiger charge is 2.20. The quantitative estimate of drug-likeness (QED) is 0.719. The molecule has 0 amide bonds. The van der Waals surface area contributed by atoms with E-state index < -0.39 is 0 Å². The number of hydrogen-bond acceptors (Lipinski definition) is 8. The minimum absolute atomic E-state index is 0.101. The Labute approximate surface area is 188 Å². The minimum Gasteiger partial charge on any atom is -0.348 e. The van der Waals surface area contributed by atoms with Crippen molar-refractivity contribution >= 4 is 23.7 Å². The molecule has 2 aliphatic heterocycles. The molecule has 1 aromatic heterocycles. The van der Waals surface area contributed by atoms with Gasteiger partial charge in [0.05, 0.1) is 12.6 Å². The molecule has 2 aromatic rings. The molecule has 3 heterocycles. The number of anilines is 3. The monoisotopic (exact) mass is 436 g/mol. The van der Waals surface area contributed by atoms with Crippen LogP contribution in [0, 0.1) is 5.82 Å². The number of nitrogens with zero attached hydrogens (tertiary/aromatic N) is 6. The molecule has 1 fully saturated rings. The number of likely N-dealkylation sites (N-methyl/N-ethyl adjacent to an activating group) is 1. The van der Waals surface area contributed by atoms with E-state index in [-0.39, 0.29) is 11.9 Å². The van der Waals surface area contributed by atoms with Crippen LogP contribution < -0.4 is 15.5 Å². The van der Waals surface area contributed by atoms with Crippen molar-refractivity contribution in [3.05, 3.63) is 59.4 Å². The molecule has 1 atom stereocenters. The van der Waals surface area contributed by atoms with Crippen LogP contribution in [0.15, 0.2) is 53.1 Å². The van der Waals surface area contributed by atoms with E-state index in [1.165, 1.54) is 12.1 Å². The first-order valence-electron chi connectivity index (χ1n) is 10.9. The first kappa shape index (κ1) is 21.9. The Morgan fingerprint density at radius 2 is 1.75 bits per heavy atom. The molecular formula is C23H29FN8.